The molecule has 2 aliphatic rings. The van der Waals surface area contributed by atoms with E-state index in [1.165, 1.54) is 51.7 Å². The van der Waals surface area contributed by atoms with E-state index < -0.39 is 0 Å². The maximum Gasteiger partial charge on any atom is 0.0477 e. The molecule has 3 nitrogen and oxygen atoms in total. The van der Waals surface area contributed by atoms with E-state index >= 15 is 0 Å². The van der Waals surface area contributed by atoms with E-state index in [0.717, 1.165) is 18.6 Å². The third-order valence-corrected chi connectivity index (χ3v) is 4.25. The van der Waals surface area contributed by atoms with E-state index in [2.05, 4.69) is 17.1 Å². The highest BCUT2D eigenvalue weighted by Gasteiger charge is 2.33. The second-order valence-electron chi connectivity index (χ2n) is 5.75. The van der Waals surface area contributed by atoms with Crippen LogP contribution in [0, 0.1) is 5.92 Å². The number of hydrogen-bond donors (Lipinski definition) is 1. The molecule has 1 unspecified atom stereocenters. The molecule has 2 fully saturated rings. The molecule has 1 aliphatic heterocycles. The zero-order chi connectivity index (χ0) is 12.1. The Morgan fingerprint density at radius 2 is 1.94 bits per heavy atom. The molecule has 1 N–H and O–H groups in total. The Labute approximate surface area is 106 Å². The van der Waals surface area contributed by atoms with Crippen molar-refractivity contribution in [3.63, 3.8) is 0 Å². The lowest BCUT2D eigenvalue weighted by molar-refractivity contribution is 0.112. The second-order valence-corrected chi connectivity index (χ2v) is 5.75. The van der Waals surface area contributed by atoms with Crippen molar-refractivity contribution < 1.29 is 4.74 Å². The van der Waals surface area contributed by atoms with E-state index in [0.29, 0.717) is 6.04 Å². The van der Waals surface area contributed by atoms with Gasteiger partial charge in [0.1, 0.15) is 0 Å². The van der Waals surface area contributed by atoms with Crippen LogP contribution in [-0.2, 0) is 4.74 Å². The van der Waals surface area contributed by atoms with E-state index in [1.807, 2.05) is 0 Å². The second kappa shape index (κ2) is 6.72. The Morgan fingerprint density at radius 1 is 1.24 bits per heavy atom. The molecule has 0 aromatic carbocycles. The zero-order valence-corrected chi connectivity index (χ0v) is 11.5. The summed E-state index contributed by atoms with van der Waals surface area (Å²) in [5.74, 6) is 0.918. The van der Waals surface area contributed by atoms with Crippen LogP contribution in [0.1, 0.15) is 39.0 Å². The highest BCUT2D eigenvalue weighted by molar-refractivity contribution is 4.89. The summed E-state index contributed by atoms with van der Waals surface area (Å²) in [6, 6.07) is 1.58. The van der Waals surface area contributed by atoms with Gasteiger partial charge in [-0.25, -0.2) is 0 Å². The Hall–Kier alpha value is -0.120. The average Bonchev–Trinajstić information content (AvgIpc) is 3.18. The minimum Gasteiger partial charge on any atom is -0.385 e. The minimum absolute atomic E-state index is 0.692. The van der Waals surface area contributed by atoms with Crippen molar-refractivity contribution in [2.75, 3.05) is 33.4 Å². The lowest BCUT2D eigenvalue weighted by atomic mass is 9.96. The summed E-state index contributed by atoms with van der Waals surface area (Å²) in [6.45, 7) is 7.03. The molecule has 0 radical (unpaired) electrons. The SMILES string of the molecule is COCCC(C)N(CC1CCNCC1)C1CC1. The molecule has 1 aliphatic carbocycles. The van der Waals surface area contributed by atoms with Crippen molar-refractivity contribution in [3.8, 4) is 0 Å². The fourth-order valence-electron chi connectivity index (χ4n) is 2.91. The summed E-state index contributed by atoms with van der Waals surface area (Å²) in [6.07, 6.45) is 6.74. The average molecular weight is 240 g/mol. The number of hydrogen-bond acceptors (Lipinski definition) is 3. The predicted octanol–water partition coefficient (Wildman–Crippen LogP) is 1.88. The summed E-state index contributed by atoms with van der Waals surface area (Å²) in [4.78, 5) is 2.76. The van der Waals surface area contributed by atoms with Crippen molar-refractivity contribution in [3.05, 3.63) is 0 Å². The molecular weight excluding hydrogens is 212 g/mol. The lowest BCUT2D eigenvalue weighted by Gasteiger charge is -2.34. The van der Waals surface area contributed by atoms with Gasteiger partial charge in [-0.15, -0.1) is 0 Å². The van der Waals surface area contributed by atoms with Gasteiger partial charge in [0.05, 0.1) is 0 Å². The molecular formula is C14H28N2O. The van der Waals surface area contributed by atoms with Gasteiger partial charge in [-0.3, -0.25) is 4.90 Å². The molecule has 0 spiro atoms. The maximum absolute atomic E-state index is 5.22. The van der Waals surface area contributed by atoms with E-state index in [-0.39, 0.29) is 0 Å². The van der Waals surface area contributed by atoms with Gasteiger partial charge in [0.25, 0.3) is 0 Å². The summed E-state index contributed by atoms with van der Waals surface area (Å²) >= 11 is 0. The molecule has 17 heavy (non-hydrogen) atoms. The molecule has 0 aromatic heterocycles. The quantitative estimate of drug-likeness (QED) is 0.735. The predicted molar refractivity (Wildman–Crippen MR) is 71.3 cm³/mol. The third-order valence-electron chi connectivity index (χ3n) is 4.25. The molecule has 1 saturated carbocycles. The number of nitrogens with one attached hydrogen (secondary N) is 1. The molecule has 0 amide bonds. The number of rotatable bonds is 7. The van der Waals surface area contributed by atoms with Crippen molar-refractivity contribution in [1.82, 2.24) is 10.2 Å². The van der Waals surface area contributed by atoms with Crippen LogP contribution >= 0.6 is 0 Å². The standard InChI is InChI=1S/C14H28N2O/c1-12(7-10-17-2)16(14-3-4-14)11-13-5-8-15-9-6-13/h12-15H,3-11H2,1-2H3. The minimum atomic E-state index is 0.692. The monoisotopic (exact) mass is 240 g/mol. The van der Waals surface area contributed by atoms with Crippen LogP contribution in [0.3, 0.4) is 0 Å². The highest BCUT2D eigenvalue weighted by Crippen LogP contribution is 2.31. The molecule has 0 bridgehead atoms. The normalized spacial score (nSPS) is 24.2. The highest BCUT2D eigenvalue weighted by atomic mass is 16.5. The third kappa shape index (κ3) is 4.23. The molecule has 1 atom stereocenters. The molecule has 1 heterocycles. The maximum atomic E-state index is 5.22. The topological polar surface area (TPSA) is 24.5 Å². The first-order valence-corrected chi connectivity index (χ1v) is 7.26. The Bertz CT molecular complexity index is 212. The fraction of sp³-hybridized carbons (Fsp3) is 1.00. The first-order chi connectivity index (χ1) is 8.31. The van der Waals surface area contributed by atoms with Crippen LogP contribution in [0.15, 0.2) is 0 Å². The smallest absolute Gasteiger partial charge is 0.0477 e. The van der Waals surface area contributed by atoms with E-state index in [9.17, 15) is 0 Å². The number of piperidine rings is 1. The van der Waals surface area contributed by atoms with Gasteiger partial charge in [0.2, 0.25) is 0 Å². The molecule has 3 heteroatoms. The van der Waals surface area contributed by atoms with Crippen LogP contribution in [0.25, 0.3) is 0 Å². The molecule has 2 rings (SSSR count). The molecule has 1 saturated heterocycles. The Morgan fingerprint density at radius 3 is 2.53 bits per heavy atom. The van der Waals surface area contributed by atoms with Crippen molar-refractivity contribution >= 4 is 0 Å². The Balaban J connectivity index is 1.78. The number of nitrogens with zero attached hydrogens (tertiary/aromatic N) is 1. The number of ether oxygens (including phenoxy) is 1. The van der Waals surface area contributed by atoms with Gasteiger partial charge in [0.15, 0.2) is 0 Å². The Kier molecular flexibility index (Phi) is 5.26. The molecule has 0 aromatic rings. The van der Waals surface area contributed by atoms with Crippen LogP contribution in [0.2, 0.25) is 0 Å². The van der Waals surface area contributed by atoms with Crippen LogP contribution in [0.4, 0.5) is 0 Å². The summed E-state index contributed by atoms with van der Waals surface area (Å²) in [7, 11) is 1.81. The van der Waals surface area contributed by atoms with Crippen LogP contribution < -0.4 is 5.32 Å². The summed E-state index contributed by atoms with van der Waals surface area (Å²) in [5.41, 5.74) is 0. The zero-order valence-electron chi connectivity index (χ0n) is 11.5. The lowest BCUT2D eigenvalue weighted by Crippen LogP contribution is -2.42. The van der Waals surface area contributed by atoms with E-state index in [1.54, 1.807) is 7.11 Å². The van der Waals surface area contributed by atoms with Gasteiger partial charge < -0.3 is 10.1 Å². The first-order valence-electron chi connectivity index (χ1n) is 7.26. The largest absolute Gasteiger partial charge is 0.385 e. The van der Waals surface area contributed by atoms with Crippen molar-refractivity contribution in [1.29, 1.82) is 0 Å². The van der Waals surface area contributed by atoms with Crippen molar-refractivity contribution in [2.24, 2.45) is 5.92 Å². The van der Waals surface area contributed by atoms with Gasteiger partial charge in [0, 0.05) is 32.3 Å². The van der Waals surface area contributed by atoms with Gasteiger partial charge >= 0.3 is 0 Å². The summed E-state index contributed by atoms with van der Waals surface area (Å²) in [5, 5.41) is 3.46. The first kappa shape index (κ1) is 13.3. The fourth-order valence-corrected chi connectivity index (χ4v) is 2.91. The van der Waals surface area contributed by atoms with E-state index in [4.69, 9.17) is 4.74 Å². The van der Waals surface area contributed by atoms with Crippen LogP contribution in [0.5, 0.6) is 0 Å². The number of methoxy groups -OCH3 is 1. The van der Waals surface area contributed by atoms with Gasteiger partial charge in [-0.2, -0.15) is 0 Å². The van der Waals surface area contributed by atoms with Crippen LogP contribution in [-0.4, -0.2) is 50.3 Å². The summed E-state index contributed by atoms with van der Waals surface area (Å²) < 4.78 is 5.22. The van der Waals surface area contributed by atoms with Gasteiger partial charge in [-0.05, 0) is 58.0 Å². The van der Waals surface area contributed by atoms with Gasteiger partial charge in [-0.1, -0.05) is 0 Å². The molecule has 100 valence electrons. The van der Waals surface area contributed by atoms with Crippen molar-refractivity contribution in [2.45, 2.75) is 51.1 Å².